The summed E-state index contributed by atoms with van der Waals surface area (Å²) in [4.78, 5) is 13.8. The zero-order valence-electron chi connectivity index (χ0n) is 12.0. The summed E-state index contributed by atoms with van der Waals surface area (Å²) in [5.74, 6) is 0.121. The number of hydrogen-bond acceptors (Lipinski definition) is 3. The van der Waals surface area contributed by atoms with Crippen molar-refractivity contribution in [2.75, 3.05) is 20.2 Å². The van der Waals surface area contributed by atoms with E-state index in [1.54, 1.807) is 6.92 Å². The van der Waals surface area contributed by atoms with Crippen molar-refractivity contribution in [1.82, 2.24) is 4.90 Å². The molecule has 0 aliphatic carbocycles. The van der Waals surface area contributed by atoms with Gasteiger partial charge in [0.05, 0.1) is 6.61 Å². The number of hydrogen-bond donors (Lipinski definition) is 1. The fourth-order valence-corrected chi connectivity index (χ4v) is 2.53. The number of aliphatic hydroxyl groups is 1. The van der Waals surface area contributed by atoms with E-state index in [9.17, 15) is 4.79 Å². The van der Waals surface area contributed by atoms with Crippen molar-refractivity contribution in [3.05, 3.63) is 33.9 Å². The lowest BCUT2D eigenvalue weighted by Gasteiger charge is -2.21. The summed E-state index contributed by atoms with van der Waals surface area (Å²) >= 11 is 0. The minimum Gasteiger partial charge on any atom is -0.395 e. The number of aryl methyl sites for hydroxylation is 2. The second-order valence-corrected chi connectivity index (χ2v) is 5.01. The molecule has 0 aromatic heterocycles. The van der Waals surface area contributed by atoms with Gasteiger partial charge in [0.1, 0.15) is 0 Å². The van der Waals surface area contributed by atoms with Crippen molar-refractivity contribution in [2.45, 2.75) is 34.2 Å². The maximum Gasteiger partial charge on any atom is 0.160 e. The minimum atomic E-state index is 0.121. The molecule has 0 aliphatic rings. The highest BCUT2D eigenvalue weighted by Gasteiger charge is 2.15. The molecule has 0 saturated heterocycles. The number of Topliss-reactive ketones (excluding diaryl/α,β-unsaturated/α-hetero) is 1. The van der Waals surface area contributed by atoms with Gasteiger partial charge in [0.15, 0.2) is 5.78 Å². The molecule has 3 nitrogen and oxygen atoms in total. The maximum atomic E-state index is 11.7. The van der Waals surface area contributed by atoms with Crippen molar-refractivity contribution in [3.63, 3.8) is 0 Å². The number of ketones is 1. The number of benzene rings is 1. The monoisotopic (exact) mass is 249 g/mol. The van der Waals surface area contributed by atoms with Crippen LogP contribution in [-0.2, 0) is 6.54 Å². The predicted molar refractivity (Wildman–Crippen MR) is 74.1 cm³/mol. The zero-order valence-corrected chi connectivity index (χ0v) is 12.0. The molecule has 0 aliphatic heterocycles. The van der Waals surface area contributed by atoms with Gasteiger partial charge < -0.3 is 5.11 Å². The first kappa shape index (κ1) is 14.9. The largest absolute Gasteiger partial charge is 0.395 e. The van der Waals surface area contributed by atoms with E-state index in [0.717, 1.165) is 23.2 Å². The summed E-state index contributed by atoms with van der Waals surface area (Å²) in [6.07, 6.45) is 0. The van der Waals surface area contributed by atoms with Gasteiger partial charge in [-0.25, -0.2) is 0 Å². The molecule has 100 valence electrons. The number of aliphatic hydroxyl groups excluding tert-OH is 1. The Labute approximate surface area is 109 Å². The van der Waals surface area contributed by atoms with Gasteiger partial charge in [-0.1, -0.05) is 6.07 Å². The lowest BCUT2D eigenvalue weighted by atomic mass is 9.91. The second kappa shape index (κ2) is 6.12. The van der Waals surface area contributed by atoms with E-state index in [2.05, 4.69) is 17.9 Å². The van der Waals surface area contributed by atoms with Gasteiger partial charge >= 0.3 is 0 Å². The second-order valence-electron chi connectivity index (χ2n) is 5.01. The van der Waals surface area contributed by atoms with Crippen molar-refractivity contribution in [1.29, 1.82) is 0 Å². The van der Waals surface area contributed by atoms with Crippen LogP contribution in [0.1, 0.15) is 39.5 Å². The Hall–Kier alpha value is -1.19. The third-order valence-corrected chi connectivity index (χ3v) is 3.39. The van der Waals surface area contributed by atoms with Crippen LogP contribution in [0, 0.1) is 20.8 Å². The molecule has 0 amide bonds. The third-order valence-electron chi connectivity index (χ3n) is 3.39. The molecule has 0 spiro atoms. The highest BCUT2D eigenvalue weighted by Crippen LogP contribution is 2.23. The van der Waals surface area contributed by atoms with E-state index >= 15 is 0 Å². The highest BCUT2D eigenvalue weighted by molar-refractivity contribution is 5.97. The van der Waals surface area contributed by atoms with Crippen LogP contribution in [0.25, 0.3) is 0 Å². The van der Waals surface area contributed by atoms with E-state index in [1.165, 1.54) is 11.1 Å². The van der Waals surface area contributed by atoms with Gasteiger partial charge in [-0.15, -0.1) is 0 Å². The molecule has 0 radical (unpaired) electrons. The molecule has 0 bridgehead atoms. The first-order valence-corrected chi connectivity index (χ1v) is 6.28. The fraction of sp³-hybridized carbons (Fsp3) is 0.533. The van der Waals surface area contributed by atoms with Crippen LogP contribution in [0.5, 0.6) is 0 Å². The first-order chi connectivity index (χ1) is 8.38. The van der Waals surface area contributed by atoms with E-state index in [1.807, 2.05) is 20.9 Å². The normalized spacial score (nSPS) is 11.1. The summed E-state index contributed by atoms with van der Waals surface area (Å²) in [5.41, 5.74) is 5.37. The molecule has 1 rings (SSSR count). The number of nitrogens with zero attached hydrogens (tertiary/aromatic N) is 1. The average molecular weight is 249 g/mol. The van der Waals surface area contributed by atoms with E-state index in [4.69, 9.17) is 5.11 Å². The minimum absolute atomic E-state index is 0.121. The molecule has 1 aromatic rings. The third kappa shape index (κ3) is 3.18. The Bertz CT molecular complexity index is 452. The molecule has 1 aromatic carbocycles. The molecule has 0 atom stereocenters. The number of likely N-dealkylation sites (N-methyl/N-ethyl adjacent to an activating group) is 1. The SMILES string of the molecule is CC(=O)c1c(C)cc(C)c(CN(C)CCO)c1C. The van der Waals surface area contributed by atoms with Gasteiger partial charge in [-0.05, 0) is 57.0 Å². The average Bonchev–Trinajstić information content (AvgIpc) is 2.23. The van der Waals surface area contributed by atoms with Crippen LogP contribution < -0.4 is 0 Å². The highest BCUT2D eigenvalue weighted by atomic mass is 16.3. The summed E-state index contributed by atoms with van der Waals surface area (Å²) in [5, 5.41) is 8.94. The smallest absolute Gasteiger partial charge is 0.160 e. The molecule has 0 unspecified atom stereocenters. The van der Waals surface area contributed by atoms with E-state index in [-0.39, 0.29) is 12.4 Å². The van der Waals surface area contributed by atoms with Crippen molar-refractivity contribution >= 4 is 5.78 Å². The predicted octanol–water partition coefficient (Wildman–Crippen LogP) is 2.24. The Balaban J connectivity index is 3.19. The van der Waals surface area contributed by atoms with Crippen molar-refractivity contribution < 1.29 is 9.90 Å². The van der Waals surface area contributed by atoms with Gasteiger partial charge in [-0.3, -0.25) is 9.69 Å². The van der Waals surface area contributed by atoms with E-state index < -0.39 is 0 Å². The van der Waals surface area contributed by atoms with Crippen LogP contribution in [-0.4, -0.2) is 36.0 Å². The lowest BCUT2D eigenvalue weighted by molar-refractivity contribution is 0.101. The zero-order chi connectivity index (χ0) is 13.9. The quantitative estimate of drug-likeness (QED) is 0.814. The van der Waals surface area contributed by atoms with Crippen molar-refractivity contribution in [3.8, 4) is 0 Å². The number of rotatable bonds is 5. The molecule has 1 N–H and O–H groups in total. The summed E-state index contributed by atoms with van der Waals surface area (Å²) < 4.78 is 0. The summed E-state index contributed by atoms with van der Waals surface area (Å²) in [7, 11) is 1.97. The standard InChI is InChI=1S/C15H23NO2/c1-10-8-11(2)15(13(4)18)12(3)14(10)9-16(5)6-7-17/h8,17H,6-7,9H2,1-5H3. The lowest BCUT2D eigenvalue weighted by Crippen LogP contribution is -2.23. The van der Waals surface area contributed by atoms with E-state index in [0.29, 0.717) is 6.54 Å². The fourth-order valence-electron chi connectivity index (χ4n) is 2.53. The molecule has 3 heteroatoms. The molecule has 0 saturated carbocycles. The van der Waals surface area contributed by atoms with Gasteiger partial charge in [0, 0.05) is 18.7 Å². The van der Waals surface area contributed by atoms with Gasteiger partial charge in [0.2, 0.25) is 0 Å². The van der Waals surface area contributed by atoms with Crippen LogP contribution in [0.3, 0.4) is 0 Å². The maximum absolute atomic E-state index is 11.7. The van der Waals surface area contributed by atoms with Crippen LogP contribution in [0.2, 0.25) is 0 Å². The number of carbonyl (C=O) groups excluding carboxylic acids is 1. The Morgan fingerprint density at radius 1 is 1.28 bits per heavy atom. The Kier molecular flexibility index (Phi) is 5.05. The first-order valence-electron chi connectivity index (χ1n) is 6.28. The van der Waals surface area contributed by atoms with Crippen LogP contribution in [0.4, 0.5) is 0 Å². The molecular weight excluding hydrogens is 226 g/mol. The molecule has 18 heavy (non-hydrogen) atoms. The Morgan fingerprint density at radius 2 is 1.89 bits per heavy atom. The molecule has 0 fully saturated rings. The summed E-state index contributed by atoms with van der Waals surface area (Å²) in [6.45, 7) is 9.25. The number of carbonyl (C=O) groups is 1. The van der Waals surface area contributed by atoms with Crippen molar-refractivity contribution in [2.24, 2.45) is 0 Å². The Morgan fingerprint density at radius 3 is 2.39 bits per heavy atom. The molecule has 0 heterocycles. The van der Waals surface area contributed by atoms with Gasteiger partial charge in [-0.2, -0.15) is 0 Å². The topological polar surface area (TPSA) is 40.5 Å². The van der Waals surface area contributed by atoms with Crippen LogP contribution in [0.15, 0.2) is 6.07 Å². The summed E-state index contributed by atoms with van der Waals surface area (Å²) in [6, 6.07) is 2.08. The van der Waals surface area contributed by atoms with Gasteiger partial charge in [0.25, 0.3) is 0 Å². The molecular formula is C15H23NO2. The van der Waals surface area contributed by atoms with Crippen LogP contribution >= 0.6 is 0 Å².